The minimum atomic E-state index is 0.809. The summed E-state index contributed by atoms with van der Waals surface area (Å²) in [5.74, 6) is 1.71. The fourth-order valence-electron chi connectivity index (χ4n) is 3.23. The molecule has 1 nitrogen and oxygen atoms in total. The zero-order chi connectivity index (χ0) is 21.2. The first kappa shape index (κ1) is 22.5. The van der Waals surface area contributed by atoms with E-state index in [2.05, 4.69) is 82.5 Å². The highest BCUT2D eigenvalue weighted by Gasteiger charge is 2.06. The van der Waals surface area contributed by atoms with Crippen molar-refractivity contribution in [2.75, 3.05) is 0 Å². The van der Waals surface area contributed by atoms with Crippen molar-refractivity contribution >= 4 is 6.08 Å². The summed E-state index contributed by atoms with van der Waals surface area (Å²) in [5.41, 5.74) is 7.84. The Kier molecular flexibility index (Phi) is 8.73. The molecule has 0 N–H and O–H groups in total. The molecule has 0 heterocycles. The van der Waals surface area contributed by atoms with E-state index in [1.165, 1.54) is 33.4 Å². The topological polar surface area (TPSA) is 9.23 Å². The largest absolute Gasteiger partial charge is 0.467 e. The lowest BCUT2D eigenvalue weighted by molar-refractivity contribution is 0.293. The molecule has 0 amide bonds. The first-order chi connectivity index (χ1) is 13.9. The SMILES string of the molecule is C=Cc1cc(CC=C(C)C)c(C)c(C/C=C(/C)OC(=C)CCc2ccccc2)c1. The molecule has 0 unspecified atom stereocenters. The average molecular weight is 387 g/mol. The van der Waals surface area contributed by atoms with Gasteiger partial charge in [-0.25, -0.2) is 0 Å². The Hall–Kier alpha value is -2.80. The minimum absolute atomic E-state index is 0.809. The van der Waals surface area contributed by atoms with Crippen LogP contribution in [-0.4, -0.2) is 0 Å². The van der Waals surface area contributed by atoms with E-state index in [-0.39, 0.29) is 0 Å². The fraction of sp³-hybridized carbons (Fsp3) is 0.286. The summed E-state index contributed by atoms with van der Waals surface area (Å²) in [7, 11) is 0. The summed E-state index contributed by atoms with van der Waals surface area (Å²) in [5, 5.41) is 0. The van der Waals surface area contributed by atoms with Crippen LogP contribution in [0.3, 0.4) is 0 Å². The molecule has 0 aliphatic carbocycles. The normalized spacial score (nSPS) is 11.1. The van der Waals surface area contributed by atoms with E-state index in [9.17, 15) is 0 Å². The molecule has 0 aliphatic rings. The van der Waals surface area contributed by atoms with E-state index in [1.54, 1.807) is 0 Å². The van der Waals surface area contributed by atoms with Crippen LogP contribution in [0.5, 0.6) is 0 Å². The molecule has 29 heavy (non-hydrogen) atoms. The van der Waals surface area contributed by atoms with Crippen LogP contribution in [0.1, 0.15) is 55.0 Å². The maximum Gasteiger partial charge on any atom is 0.0968 e. The second-order valence-corrected chi connectivity index (χ2v) is 7.80. The lowest BCUT2D eigenvalue weighted by Crippen LogP contribution is -1.98. The molecule has 0 aliphatic heterocycles. The number of ether oxygens (including phenoxy) is 1. The second kappa shape index (κ2) is 11.3. The van der Waals surface area contributed by atoms with Crippen LogP contribution in [0.25, 0.3) is 6.08 Å². The molecule has 0 radical (unpaired) electrons. The van der Waals surface area contributed by atoms with Gasteiger partial charge in [0.2, 0.25) is 0 Å². The maximum absolute atomic E-state index is 5.94. The van der Waals surface area contributed by atoms with Crippen molar-refractivity contribution in [2.24, 2.45) is 0 Å². The van der Waals surface area contributed by atoms with Crippen LogP contribution in [0.2, 0.25) is 0 Å². The third-order valence-corrected chi connectivity index (χ3v) is 5.06. The first-order valence-electron chi connectivity index (χ1n) is 10.3. The van der Waals surface area contributed by atoms with Crippen LogP contribution < -0.4 is 0 Å². The van der Waals surface area contributed by atoms with Crippen molar-refractivity contribution in [1.29, 1.82) is 0 Å². The molecular weight excluding hydrogens is 352 g/mol. The van der Waals surface area contributed by atoms with E-state index in [0.717, 1.165) is 37.2 Å². The van der Waals surface area contributed by atoms with Gasteiger partial charge in [0.15, 0.2) is 0 Å². The van der Waals surface area contributed by atoms with Gasteiger partial charge < -0.3 is 4.74 Å². The molecule has 0 spiro atoms. The van der Waals surface area contributed by atoms with Crippen molar-refractivity contribution in [2.45, 2.75) is 53.4 Å². The second-order valence-electron chi connectivity index (χ2n) is 7.80. The summed E-state index contributed by atoms with van der Waals surface area (Å²) in [6.45, 7) is 16.5. The lowest BCUT2D eigenvalue weighted by Gasteiger charge is -2.13. The maximum atomic E-state index is 5.94. The van der Waals surface area contributed by atoms with Gasteiger partial charge in [-0.3, -0.25) is 0 Å². The highest BCUT2D eigenvalue weighted by Crippen LogP contribution is 2.21. The van der Waals surface area contributed by atoms with Gasteiger partial charge in [0.25, 0.3) is 0 Å². The van der Waals surface area contributed by atoms with Gasteiger partial charge in [0.05, 0.1) is 11.5 Å². The molecule has 2 rings (SSSR count). The van der Waals surface area contributed by atoms with Crippen LogP contribution in [0, 0.1) is 6.92 Å². The van der Waals surface area contributed by atoms with Crippen molar-refractivity contribution < 1.29 is 4.74 Å². The summed E-state index contributed by atoms with van der Waals surface area (Å²) < 4.78 is 5.94. The van der Waals surface area contributed by atoms with Crippen molar-refractivity contribution in [3.05, 3.63) is 113 Å². The predicted octanol–water partition coefficient (Wildman–Crippen LogP) is 7.76. The Balaban J connectivity index is 2.01. The summed E-state index contributed by atoms with van der Waals surface area (Å²) >= 11 is 0. The van der Waals surface area contributed by atoms with Crippen molar-refractivity contribution in [1.82, 2.24) is 0 Å². The standard InChI is InChI=1S/C28H34O/c1-7-25-19-27(17-13-21(2)3)24(6)28(20-25)18-15-23(5)29-22(4)14-16-26-11-9-8-10-12-26/h7-13,15,19-20H,1,4,14,16-18H2,2-3,5-6H3/b23-15-. The zero-order valence-corrected chi connectivity index (χ0v) is 18.4. The van der Waals surface area contributed by atoms with E-state index in [0.29, 0.717) is 0 Å². The number of hydrogen-bond donors (Lipinski definition) is 0. The molecule has 0 bridgehead atoms. The van der Waals surface area contributed by atoms with Gasteiger partial charge in [0.1, 0.15) is 0 Å². The van der Waals surface area contributed by atoms with E-state index < -0.39 is 0 Å². The lowest BCUT2D eigenvalue weighted by atomic mass is 9.94. The average Bonchev–Trinajstić information content (AvgIpc) is 2.71. The Morgan fingerprint density at radius 2 is 1.59 bits per heavy atom. The predicted molar refractivity (Wildman–Crippen MR) is 127 cm³/mol. The molecule has 0 atom stereocenters. The van der Waals surface area contributed by atoms with Crippen LogP contribution >= 0.6 is 0 Å². The van der Waals surface area contributed by atoms with Crippen LogP contribution in [-0.2, 0) is 24.0 Å². The van der Waals surface area contributed by atoms with E-state index >= 15 is 0 Å². The highest BCUT2D eigenvalue weighted by atomic mass is 16.5. The number of benzene rings is 2. The minimum Gasteiger partial charge on any atom is -0.467 e. The molecule has 1 heteroatoms. The number of aryl methyl sites for hydroxylation is 1. The van der Waals surface area contributed by atoms with Gasteiger partial charge in [-0.2, -0.15) is 0 Å². The zero-order valence-electron chi connectivity index (χ0n) is 18.4. The molecule has 152 valence electrons. The smallest absolute Gasteiger partial charge is 0.0968 e. The monoisotopic (exact) mass is 386 g/mol. The van der Waals surface area contributed by atoms with Gasteiger partial charge >= 0.3 is 0 Å². The van der Waals surface area contributed by atoms with Crippen molar-refractivity contribution in [3.63, 3.8) is 0 Å². The van der Waals surface area contributed by atoms with Gasteiger partial charge in [0, 0.05) is 6.42 Å². The molecule has 0 saturated carbocycles. The third-order valence-electron chi connectivity index (χ3n) is 5.06. The summed E-state index contributed by atoms with van der Waals surface area (Å²) in [6, 6.07) is 14.9. The van der Waals surface area contributed by atoms with Crippen molar-refractivity contribution in [3.8, 4) is 0 Å². The van der Waals surface area contributed by atoms with Crippen LogP contribution in [0.15, 0.2) is 84.9 Å². The summed E-state index contributed by atoms with van der Waals surface area (Å²) in [4.78, 5) is 0. The molecule has 0 aromatic heterocycles. The molecule has 0 fully saturated rings. The summed E-state index contributed by atoms with van der Waals surface area (Å²) in [6.07, 6.45) is 9.92. The Morgan fingerprint density at radius 1 is 0.966 bits per heavy atom. The van der Waals surface area contributed by atoms with Gasteiger partial charge in [-0.15, -0.1) is 0 Å². The third kappa shape index (κ3) is 7.62. The number of rotatable bonds is 10. The first-order valence-corrected chi connectivity index (χ1v) is 10.3. The quantitative estimate of drug-likeness (QED) is 0.299. The Bertz CT molecular complexity index is 893. The molecular formula is C28H34O. The van der Waals surface area contributed by atoms with Gasteiger partial charge in [-0.1, -0.05) is 73.3 Å². The number of hydrogen-bond acceptors (Lipinski definition) is 1. The van der Waals surface area contributed by atoms with E-state index in [4.69, 9.17) is 4.74 Å². The Labute approximate surface area is 177 Å². The molecule has 2 aromatic carbocycles. The van der Waals surface area contributed by atoms with Gasteiger partial charge in [-0.05, 0) is 80.9 Å². The van der Waals surface area contributed by atoms with Crippen LogP contribution in [0.4, 0.5) is 0 Å². The molecule has 0 saturated heterocycles. The molecule has 2 aromatic rings. The highest BCUT2D eigenvalue weighted by molar-refractivity contribution is 5.53. The Morgan fingerprint density at radius 3 is 2.17 bits per heavy atom. The van der Waals surface area contributed by atoms with E-state index in [1.807, 2.05) is 19.1 Å². The fourth-order valence-corrected chi connectivity index (χ4v) is 3.23. The number of allylic oxidation sites excluding steroid dienone is 5.